The number of nitrogens with one attached hydrogen (secondary N) is 1. The molecule has 5 aromatic rings. The van der Waals surface area contributed by atoms with E-state index in [2.05, 4.69) is 20.2 Å². The van der Waals surface area contributed by atoms with Crippen LogP contribution < -0.4 is 4.68 Å². The summed E-state index contributed by atoms with van der Waals surface area (Å²) in [6.45, 7) is 0.0434. The van der Waals surface area contributed by atoms with E-state index >= 15 is 0 Å². The maximum Gasteiger partial charge on any atom is 0.416 e. The molecule has 3 heterocycles. The van der Waals surface area contributed by atoms with Gasteiger partial charge in [0.25, 0.3) is 0 Å². The Morgan fingerprint density at radius 2 is 1.76 bits per heavy atom. The number of hydrogen-bond donors (Lipinski definition) is 1. The number of H-pyrrole nitrogens is 1. The normalized spacial score (nSPS) is 11.9. The number of fused-ring (bicyclic) bond motifs is 1. The lowest BCUT2D eigenvalue weighted by molar-refractivity contribution is -0.745. The van der Waals surface area contributed by atoms with Gasteiger partial charge in [0, 0.05) is 22.8 Å². The van der Waals surface area contributed by atoms with Gasteiger partial charge in [-0.15, -0.1) is 0 Å². The minimum absolute atomic E-state index is 0.0199. The molecule has 0 saturated carbocycles. The van der Waals surface area contributed by atoms with Crippen molar-refractivity contribution >= 4 is 11.2 Å². The fraction of sp³-hybridized carbons (Fsp3) is 0.0909. The fourth-order valence-electron chi connectivity index (χ4n) is 3.36. The Morgan fingerprint density at radius 3 is 2.53 bits per heavy atom. The topological polar surface area (TPSA) is 71.5 Å². The SMILES string of the molecule is Fc1cc(C(F)(F)F)ccc1-c1cc(C[n+]2ccc3[nH]c(-c4cccc(F)c4F)nc3n2)on1. The van der Waals surface area contributed by atoms with Gasteiger partial charge < -0.3 is 9.51 Å². The van der Waals surface area contributed by atoms with Gasteiger partial charge in [0.05, 0.1) is 16.6 Å². The first kappa shape index (κ1) is 21.6. The van der Waals surface area contributed by atoms with Gasteiger partial charge in [-0.25, -0.2) is 18.2 Å². The summed E-state index contributed by atoms with van der Waals surface area (Å²) in [6, 6.07) is 8.85. The van der Waals surface area contributed by atoms with Crippen molar-refractivity contribution < 1.29 is 35.5 Å². The highest BCUT2D eigenvalue weighted by atomic mass is 19.4. The zero-order valence-corrected chi connectivity index (χ0v) is 16.9. The van der Waals surface area contributed by atoms with Gasteiger partial charge in [0.15, 0.2) is 17.8 Å². The number of aromatic nitrogens is 5. The molecule has 0 atom stereocenters. The van der Waals surface area contributed by atoms with Gasteiger partial charge in [-0.3, -0.25) is 0 Å². The summed E-state index contributed by atoms with van der Waals surface area (Å²) in [4.78, 5) is 7.06. The molecule has 172 valence electrons. The minimum Gasteiger partial charge on any atom is -0.354 e. The first-order valence-electron chi connectivity index (χ1n) is 9.72. The molecule has 0 fully saturated rings. The monoisotopic (exact) mass is 476 g/mol. The number of halogens is 6. The Morgan fingerprint density at radius 1 is 0.941 bits per heavy atom. The molecule has 0 bridgehead atoms. The van der Waals surface area contributed by atoms with Crippen LogP contribution in [0.1, 0.15) is 11.3 Å². The van der Waals surface area contributed by atoms with Crippen LogP contribution in [0.25, 0.3) is 33.8 Å². The van der Waals surface area contributed by atoms with Crippen LogP contribution in [0.15, 0.2) is 59.3 Å². The van der Waals surface area contributed by atoms with Crippen LogP contribution >= 0.6 is 0 Å². The molecule has 1 N–H and O–H groups in total. The summed E-state index contributed by atoms with van der Waals surface area (Å²) < 4.78 is 86.6. The van der Waals surface area contributed by atoms with Crippen LogP contribution in [0.3, 0.4) is 0 Å². The molecule has 0 aliphatic carbocycles. The second-order valence-corrected chi connectivity index (χ2v) is 7.31. The molecule has 0 amide bonds. The molecule has 12 heteroatoms. The van der Waals surface area contributed by atoms with Crippen molar-refractivity contribution in [2.75, 3.05) is 0 Å². The van der Waals surface area contributed by atoms with Crippen molar-refractivity contribution in [2.45, 2.75) is 12.7 Å². The van der Waals surface area contributed by atoms with E-state index in [0.29, 0.717) is 11.6 Å². The summed E-state index contributed by atoms with van der Waals surface area (Å²) in [6.07, 6.45) is -3.10. The van der Waals surface area contributed by atoms with Gasteiger partial charge in [-0.05, 0) is 30.3 Å². The van der Waals surface area contributed by atoms with E-state index in [1.165, 1.54) is 22.9 Å². The van der Waals surface area contributed by atoms with E-state index in [4.69, 9.17) is 4.52 Å². The van der Waals surface area contributed by atoms with Crippen LogP contribution in [0, 0.1) is 17.5 Å². The molecule has 3 aromatic heterocycles. The third kappa shape index (κ3) is 3.98. The molecule has 6 nitrogen and oxygen atoms in total. The Hall–Kier alpha value is -4.22. The molecular weight excluding hydrogens is 464 g/mol. The molecule has 0 unspecified atom stereocenters. The van der Waals surface area contributed by atoms with Gasteiger partial charge in [0.2, 0.25) is 18.0 Å². The molecule has 0 saturated heterocycles. The second kappa shape index (κ2) is 7.97. The number of nitrogens with zero attached hydrogens (tertiary/aromatic N) is 4. The van der Waals surface area contributed by atoms with Crippen LogP contribution in [0.5, 0.6) is 0 Å². The zero-order chi connectivity index (χ0) is 24.0. The van der Waals surface area contributed by atoms with E-state index in [1.807, 2.05) is 0 Å². The van der Waals surface area contributed by atoms with E-state index in [1.54, 1.807) is 12.3 Å². The minimum atomic E-state index is -4.66. The van der Waals surface area contributed by atoms with Crippen LogP contribution in [0.4, 0.5) is 26.3 Å². The van der Waals surface area contributed by atoms with Gasteiger partial charge in [0.1, 0.15) is 17.3 Å². The van der Waals surface area contributed by atoms with Crippen molar-refractivity contribution in [3.8, 4) is 22.6 Å². The number of imidazole rings is 1. The number of aromatic amines is 1. The van der Waals surface area contributed by atoms with Crippen LogP contribution in [-0.2, 0) is 12.7 Å². The Labute approximate surface area is 186 Å². The summed E-state index contributed by atoms with van der Waals surface area (Å²) in [5.41, 5.74) is -0.600. The lowest BCUT2D eigenvalue weighted by Crippen LogP contribution is -2.37. The molecule has 5 rings (SSSR count). The smallest absolute Gasteiger partial charge is 0.354 e. The van der Waals surface area contributed by atoms with Crippen molar-refractivity contribution in [1.29, 1.82) is 0 Å². The summed E-state index contributed by atoms with van der Waals surface area (Å²) in [5, 5.41) is 8.00. The van der Waals surface area contributed by atoms with Gasteiger partial charge in [-0.1, -0.05) is 15.9 Å². The molecule has 0 spiro atoms. The van der Waals surface area contributed by atoms with Crippen LogP contribution in [-0.4, -0.2) is 20.2 Å². The predicted molar refractivity (Wildman–Crippen MR) is 105 cm³/mol. The van der Waals surface area contributed by atoms with Gasteiger partial charge in [-0.2, -0.15) is 13.2 Å². The predicted octanol–water partition coefficient (Wildman–Crippen LogP) is 5.05. The highest BCUT2D eigenvalue weighted by Gasteiger charge is 2.31. The number of alkyl halides is 3. The van der Waals surface area contributed by atoms with Crippen molar-refractivity contribution in [2.24, 2.45) is 0 Å². The molecule has 0 aliphatic heterocycles. The number of rotatable bonds is 4. The molecule has 0 radical (unpaired) electrons. The third-order valence-corrected chi connectivity index (χ3v) is 5.00. The molecular formula is C22H12F6N5O+. The van der Waals surface area contributed by atoms with Crippen molar-refractivity contribution in [3.63, 3.8) is 0 Å². The fourth-order valence-corrected chi connectivity index (χ4v) is 3.36. The zero-order valence-electron chi connectivity index (χ0n) is 16.9. The first-order chi connectivity index (χ1) is 16.2. The molecule has 2 aromatic carbocycles. The van der Waals surface area contributed by atoms with Gasteiger partial charge >= 0.3 is 6.18 Å². The average molecular weight is 476 g/mol. The van der Waals surface area contributed by atoms with Crippen molar-refractivity contribution in [1.82, 2.24) is 20.2 Å². The quantitative estimate of drug-likeness (QED) is 0.291. The van der Waals surface area contributed by atoms with E-state index in [9.17, 15) is 26.3 Å². The molecule has 34 heavy (non-hydrogen) atoms. The summed E-state index contributed by atoms with van der Waals surface area (Å²) in [7, 11) is 0. The maximum atomic E-state index is 14.2. The Kier molecular flexibility index (Phi) is 5.07. The largest absolute Gasteiger partial charge is 0.416 e. The van der Waals surface area contributed by atoms with Crippen molar-refractivity contribution in [3.05, 3.63) is 83.5 Å². The summed E-state index contributed by atoms with van der Waals surface area (Å²) >= 11 is 0. The lowest BCUT2D eigenvalue weighted by Gasteiger charge is -2.07. The third-order valence-electron chi connectivity index (χ3n) is 5.00. The maximum absolute atomic E-state index is 14.2. The highest BCUT2D eigenvalue weighted by Crippen LogP contribution is 2.32. The standard InChI is InChI=1S/C22H11F6N5O/c23-15-3-1-2-14(19(15)25)20-29-17-6-7-33(31-21(17)30-20)10-12-9-18(32-34-12)13-5-4-11(8-16(13)24)22(26,27)28/h1-9H,10H2/p+1. The van der Waals surface area contributed by atoms with E-state index in [-0.39, 0.29) is 40.6 Å². The van der Waals surface area contributed by atoms with Crippen LogP contribution in [0.2, 0.25) is 0 Å². The number of hydrogen-bond acceptors (Lipinski definition) is 4. The highest BCUT2D eigenvalue weighted by molar-refractivity contribution is 5.74. The number of benzene rings is 2. The first-order valence-corrected chi connectivity index (χ1v) is 9.72. The Balaban J connectivity index is 1.40. The lowest BCUT2D eigenvalue weighted by atomic mass is 10.1. The van der Waals surface area contributed by atoms with E-state index in [0.717, 1.165) is 18.2 Å². The average Bonchev–Trinajstić information content (AvgIpc) is 3.41. The Bertz CT molecular complexity index is 1520. The molecule has 0 aliphatic rings. The summed E-state index contributed by atoms with van der Waals surface area (Å²) in [5.74, 6) is -2.80. The second-order valence-electron chi connectivity index (χ2n) is 7.31. The van der Waals surface area contributed by atoms with E-state index < -0.39 is 29.2 Å².